The van der Waals surface area contributed by atoms with Crippen LogP contribution in [0.25, 0.3) is 10.8 Å². The van der Waals surface area contributed by atoms with Crippen LogP contribution in [0.2, 0.25) is 0 Å². The van der Waals surface area contributed by atoms with E-state index in [0.717, 1.165) is 28.5 Å². The van der Waals surface area contributed by atoms with Crippen LogP contribution in [0.1, 0.15) is 31.9 Å². The number of fused-ring (bicyclic) bond motifs is 1. The van der Waals surface area contributed by atoms with E-state index in [2.05, 4.69) is 43.4 Å². The smallest absolute Gasteiger partial charge is 0.119 e. The average Bonchev–Trinajstić information content (AvgIpc) is 2.51. The molecule has 20 heavy (non-hydrogen) atoms. The largest absolute Gasteiger partial charge is 0.497 e. The van der Waals surface area contributed by atoms with E-state index in [9.17, 15) is 5.11 Å². The number of aliphatic hydroxyl groups is 1. The van der Waals surface area contributed by atoms with Gasteiger partial charge in [-0.25, -0.2) is 0 Å². The average molecular weight is 273 g/mol. The van der Waals surface area contributed by atoms with Crippen LogP contribution >= 0.6 is 0 Å². The lowest BCUT2D eigenvalue weighted by Crippen LogP contribution is -2.32. The summed E-state index contributed by atoms with van der Waals surface area (Å²) in [7, 11) is 1.67. The monoisotopic (exact) mass is 273 g/mol. The van der Waals surface area contributed by atoms with Crippen LogP contribution in [0, 0.1) is 0 Å². The maximum atomic E-state index is 9.60. The molecule has 0 saturated carbocycles. The molecule has 3 heteroatoms. The van der Waals surface area contributed by atoms with Crippen molar-refractivity contribution >= 4 is 10.8 Å². The third-order valence-electron chi connectivity index (χ3n) is 3.75. The summed E-state index contributed by atoms with van der Waals surface area (Å²) in [5, 5.41) is 15.3. The molecule has 108 valence electrons. The van der Waals surface area contributed by atoms with Crippen LogP contribution in [-0.4, -0.2) is 24.9 Å². The van der Waals surface area contributed by atoms with Crippen molar-refractivity contribution in [3.05, 3.63) is 42.0 Å². The number of rotatable bonds is 6. The van der Waals surface area contributed by atoms with E-state index in [0.29, 0.717) is 6.04 Å². The van der Waals surface area contributed by atoms with E-state index in [-0.39, 0.29) is 12.6 Å². The number of nitrogens with one attached hydrogen (secondary N) is 1. The van der Waals surface area contributed by atoms with Gasteiger partial charge in [0.05, 0.1) is 19.8 Å². The highest BCUT2D eigenvalue weighted by Gasteiger charge is 2.13. The molecule has 2 aromatic rings. The maximum absolute atomic E-state index is 9.60. The van der Waals surface area contributed by atoms with Gasteiger partial charge in [-0.15, -0.1) is 0 Å². The summed E-state index contributed by atoms with van der Waals surface area (Å²) in [6.45, 7) is 4.37. The van der Waals surface area contributed by atoms with Gasteiger partial charge in [-0.3, -0.25) is 0 Å². The first kappa shape index (κ1) is 14.8. The Kier molecular flexibility index (Phi) is 4.99. The Balaban J connectivity index is 2.30. The van der Waals surface area contributed by atoms with Crippen LogP contribution in [0.3, 0.4) is 0 Å². The van der Waals surface area contributed by atoms with Crippen molar-refractivity contribution < 1.29 is 9.84 Å². The fourth-order valence-electron chi connectivity index (χ4n) is 2.30. The normalized spacial score (nSPS) is 14.2. The summed E-state index contributed by atoms with van der Waals surface area (Å²) in [6, 6.07) is 12.7. The van der Waals surface area contributed by atoms with Crippen LogP contribution in [-0.2, 0) is 0 Å². The van der Waals surface area contributed by atoms with Gasteiger partial charge in [0.15, 0.2) is 0 Å². The molecule has 2 rings (SSSR count). The zero-order chi connectivity index (χ0) is 14.5. The molecule has 2 aromatic carbocycles. The Labute approximate surface area is 120 Å². The summed E-state index contributed by atoms with van der Waals surface area (Å²) >= 11 is 0. The highest BCUT2D eigenvalue weighted by molar-refractivity contribution is 5.84. The summed E-state index contributed by atoms with van der Waals surface area (Å²) in [5.41, 5.74) is 1.12. The minimum Gasteiger partial charge on any atom is -0.497 e. The zero-order valence-electron chi connectivity index (χ0n) is 12.4. The number of ether oxygens (including phenoxy) is 1. The fraction of sp³-hybridized carbons (Fsp3) is 0.412. The van der Waals surface area contributed by atoms with Gasteiger partial charge >= 0.3 is 0 Å². The molecule has 0 bridgehead atoms. The molecule has 0 saturated heterocycles. The molecule has 0 spiro atoms. The van der Waals surface area contributed by atoms with Crippen molar-refractivity contribution in [3.8, 4) is 5.75 Å². The Morgan fingerprint density at radius 2 is 1.85 bits per heavy atom. The third kappa shape index (κ3) is 3.30. The van der Waals surface area contributed by atoms with Crippen LogP contribution in [0.15, 0.2) is 36.4 Å². The number of hydrogen-bond donors (Lipinski definition) is 2. The molecule has 0 aliphatic rings. The predicted octanol–water partition coefficient (Wildman–Crippen LogP) is 3.27. The molecule has 3 nitrogen and oxygen atoms in total. The summed E-state index contributed by atoms with van der Waals surface area (Å²) in [4.78, 5) is 0. The molecule has 2 N–H and O–H groups in total. The molecule has 0 amide bonds. The molecule has 0 aromatic heterocycles. The predicted molar refractivity (Wildman–Crippen MR) is 83.2 cm³/mol. The van der Waals surface area contributed by atoms with Gasteiger partial charge in [0.1, 0.15) is 5.75 Å². The summed E-state index contributed by atoms with van der Waals surface area (Å²) in [6.07, 6.45) is 1.04. The molecule has 2 atom stereocenters. The second kappa shape index (κ2) is 6.73. The van der Waals surface area contributed by atoms with Gasteiger partial charge in [0.25, 0.3) is 0 Å². The number of aliphatic hydroxyl groups excluding tert-OH is 1. The quantitative estimate of drug-likeness (QED) is 0.848. The lowest BCUT2D eigenvalue weighted by molar-refractivity contribution is 0.234. The van der Waals surface area contributed by atoms with Gasteiger partial charge in [-0.1, -0.05) is 25.1 Å². The molecular formula is C17H23NO2. The van der Waals surface area contributed by atoms with Gasteiger partial charge in [-0.2, -0.15) is 0 Å². The van der Waals surface area contributed by atoms with E-state index < -0.39 is 0 Å². The maximum Gasteiger partial charge on any atom is 0.119 e. The molecule has 0 radical (unpaired) electrons. The molecular weight excluding hydrogens is 250 g/mol. The van der Waals surface area contributed by atoms with Crippen molar-refractivity contribution in [2.75, 3.05) is 13.7 Å². The zero-order valence-corrected chi connectivity index (χ0v) is 12.4. The van der Waals surface area contributed by atoms with Crippen molar-refractivity contribution in [3.63, 3.8) is 0 Å². The first-order chi connectivity index (χ1) is 9.67. The van der Waals surface area contributed by atoms with Crippen molar-refractivity contribution in [1.82, 2.24) is 5.32 Å². The van der Waals surface area contributed by atoms with Gasteiger partial charge < -0.3 is 15.2 Å². The molecule has 0 fully saturated rings. The van der Waals surface area contributed by atoms with Gasteiger partial charge in [-0.05, 0) is 47.9 Å². The number of methoxy groups -OCH3 is 1. The lowest BCUT2D eigenvalue weighted by Gasteiger charge is -2.21. The molecule has 0 heterocycles. The van der Waals surface area contributed by atoms with Crippen LogP contribution in [0.4, 0.5) is 0 Å². The minimum atomic E-state index is -0.0172. The van der Waals surface area contributed by atoms with Crippen molar-refractivity contribution in [2.45, 2.75) is 32.4 Å². The highest BCUT2D eigenvalue weighted by Crippen LogP contribution is 2.24. The van der Waals surface area contributed by atoms with Crippen molar-refractivity contribution in [2.24, 2.45) is 0 Å². The molecule has 0 aliphatic heterocycles. The minimum absolute atomic E-state index is 0.0172. The summed E-state index contributed by atoms with van der Waals surface area (Å²) in [5.74, 6) is 0.863. The lowest BCUT2D eigenvalue weighted by atomic mass is 10.0. The number of benzene rings is 2. The first-order valence-corrected chi connectivity index (χ1v) is 7.12. The van der Waals surface area contributed by atoms with E-state index in [1.54, 1.807) is 7.11 Å². The van der Waals surface area contributed by atoms with Gasteiger partial charge in [0, 0.05) is 6.04 Å². The van der Waals surface area contributed by atoms with E-state index in [4.69, 9.17) is 4.74 Å². The SMILES string of the molecule is CCC(C)NC(CO)c1ccc2cc(OC)ccc2c1. The summed E-state index contributed by atoms with van der Waals surface area (Å²) < 4.78 is 5.24. The second-order valence-corrected chi connectivity index (χ2v) is 5.18. The van der Waals surface area contributed by atoms with E-state index in [1.807, 2.05) is 12.1 Å². The van der Waals surface area contributed by atoms with E-state index in [1.165, 1.54) is 0 Å². The second-order valence-electron chi connectivity index (χ2n) is 5.18. The Morgan fingerprint density at radius 3 is 2.50 bits per heavy atom. The molecule has 0 aliphatic carbocycles. The Bertz CT molecular complexity index is 568. The fourth-order valence-corrected chi connectivity index (χ4v) is 2.30. The standard InChI is InChI=1S/C17H23NO2/c1-4-12(2)18-17(11-19)15-6-5-14-10-16(20-3)8-7-13(14)9-15/h5-10,12,17-19H,4,11H2,1-3H3. The van der Waals surface area contributed by atoms with Crippen LogP contribution in [0.5, 0.6) is 5.75 Å². The Hall–Kier alpha value is -1.58. The Morgan fingerprint density at radius 1 is 1.15 bits per heavy atom. The van der Waals surface area contributed by atoms with Crippen molar-refractivity contribution in [1.29, 1.82) is 0 Å². The first-order valence-electron chi connectivity index (χ1n) is 7.12. The topological polar surface area (TPSA) is 41.5 Å². The third-order valence-corrected chi connectivity index (χ3v) is 3.75. The molecule has 2 unspecified atom stereocenters. The van der Waals surface area contributed by atoms with Gasteiger partial charge in [0.2, 0.25) is 0 Å². The van der Waals surface area contributed by atoms with Crippen LogP contribution < -0.4 is 10.1 Å². The van der Waals surface area contributed by atoms with E-state index >= 15 is 0 Å². The number of hydrogen-bond acceptors (Lipinski definition) is 3. The highest BCUT2D eigenvalue weighted by atomic mass is 16.5.